The summed E-state index contributed by atoms with van der Waals surface area (Å²) in [4.78, 5) is 10.1. The Hall–Kier alpha value is -2.28. The number of benzene rings is 2. The van der Waals surface area contributed by atoms with Gasteiger partial charge in [-0.15, -0.1) is 0 Å². The van der Waals surface area contributed by atoms with Gasteiger partial charge in [-0.1, -0.05) is 17.7 Å². The normalized spacial score (nSPS) is 10.5. The lowest BCUT2D eigenvalue weighted by Crippen LogP contribution is -2.04. The summed E-state index contributed by atoms with van der Waals surface area (Å²) >= 11 is 5.57. The van der Waals surface area contributed by atoms with Gasteiger partial charge in [-0.3, -0.25) is 10.1 Å². The molecule has 0 aliphatic heterocycles. The Balaban J connectivity index is 2.24. The van der Waals surface area contributed by atoms with Gasteiger partial charge in [0.2, 0.25) is 0 Å². The van der Waals surface area contributed by atoms with Crippen LogP contribution < -0.4 is 5.32 Å². The number of rotatable bonds is 4. The van der Waals surface area contributed by atoms with Crippen LogP contribution in [0.5, 0.6) is 0 Å². The van der Waals surface area contributed by atoms with Gasteiger partial charge in [0.15, 0.2) is 11.6 Å². The highest BCUT2D eigenvalue weighted by molar-refractivity contribution is 6.31. The van der Waals surface area contributed by atoms with Crippen molar-refractivity contribution in [3.8, 4) is 0 Å². The Labute approximate surface area is 122 Å². The molecule has 110 valence electrons. The molecule has 2 aromatic rings. The first-order valence-corrected chi connectivity index (χ1v) is 6.07. The van der Waals surface area contributed by atoms with Gasteiger partial charge in [-0.2, -0.15) is 0 Å². The number of nitro benzene ring substituents is 1. The third-order valence-corrected chi connectivity index (χ3v) is 2.99. The average molecular weight is 317 g/mol. The first kappa shape index (κ1) is 15.1. The number of hydrogen-bond donors (Lipinski definition) is 1. The van der Waals surface area contributed by atoms with Gasteiger partial charge in [-0.05, 0) is 23.8 Å². The van der Waals surface area contributed by atoms with Gasteiger partial charge < -0.3 is 5.32 Å². The molecular weight excluding hydrogens is 309 g/mol. The van der Waals surface area contributed by atoms with E-state index in [-0.39, 0.29) is 17.3 Å². The lowest BCUT2D eigenvalue weighted by molar-refractivity contribution is -0.384. The van der Waals surface area contributed by atoms with E-state index in [1.54, 1.807) is 0 Å². The standard InChI is InChI=1S/C13H8ClF3N2O2/c14-8-4-12(13(19(20)21)5-10(8)16)18-6-7-1-2-9(15)11(17)3-7/h1-5,18H,6H2. The van der Waals surface area contributed by atoms with Crippen molar-refractivity contribution in [3.63, 3.8) is 0 Å². The fourth-order valence-corrected chi connectivity index (χ4v) is 1.84. The molecule has 0 aliphatic rings. The van der Waals surface area contributed by atoms with Crippen LogP contribution in [0.4, 0.5) is 24.5 Å². The van der Waals surface area contributed by atoms with Gasteiger partial charge in [0.05, 0.1) is 16.0 Å². The van der Waals surface area contributed by atoms with E-state index in [2.05, 4.69) is 5.32 Å². The van der Waals surface area contributed by atoms with Crippen molar-refractivity contribution < 1.29 is 18.1 Å². The van der Waals surface area contributed by atoms with Crippen LogP contribution in [0.25, 0.3) is 0 Å². The summed E-state index contributed by atoms with van der Waals surface area (Å²) in [6.45, 7) is -0.0139. The molecule has 2 aromatic carbocycles. The third kappa shape index (κ3) is 3.43. The van der Waals surface area contributed by atoms with Crippen LogP contribution in [0, 0.1) is 27.6 Å². The third-order valence-electron chi connectivity index (χ3n) is 2.70. The minimum Gasteiger partial charge on any atom is -0.375 e. The molecular formula is C13H8ClF3N2O2. The van der Waals surface area contributed by atoms with E-state index in [1.165, 1.54) is 6.07 Å². The molecule has 1 N–H and O–H groups in total. The predicted molar refractivity (Wildman–Crippen MR) is 71.7 cm³/mol. The van der Waals surface area contributed by atoms with Crippen LogP contribution in [-0.4, -0.2) is 4.92 Å². The van der Waals surface area contributed by atoms with Crippen LogP contribution in [0.2, 0.25) is 5.02 Å². The Morgan fingerprint density at radius 3 is 2.43 bits per heavy atom. The zero-order valence-corrected chi connectivity index (χ0v) is 11.1. The summed E-state index contributed by atoms with van der Waals surface area (Å²) in [6.07, 6.45) is 0. The quantitative estimate of drug-likeness (QED) is 0.676. The average Bonchev–Trinajstić information content (AvgIpc) is 2.43. The summed E-state index contributed by atoms with van der Waals surface area (Å²) in [7, 11) is 0. The van der Waals surface area contributed by atoms with E-state index >= 15 is 0 Å². The molecule has 8 heteroatoms. The van der Waals surface area contributed by atoms with Crippen molar-refractivity contribution in [1.29, 1.82) is 0 Å². The first-order valence-electron chi connectivity index (χ1n) is 5.69. The molecule has 0 fully saturated rings. The van der Waals surface area contributed by atoms with Gasteiger partial charge in [0.1, 0.15) is 11.5 Å². The van der Waals surface area contributed by atoms with Crippen LogP contribution in [0.1, 0.15) is 5.56 Å². The maximum atomic E-state index is 13.2. The molecule has 0 aromatic heterocycles. The maximum absolute atomic E-state index is 13.2. The first-order chi connectivity index (χ1) is 9.88. The van der Waals surface area contributed by atoms with Crippen LogP contribution in [0.15, 0.2) is 30.3 Å². The van der Waals surface area contributed by atoms with Crippen LogP contribution in [-0.2, 0) is 6.54 Å². The second-order valence-electron chi connectivity index (χ2n) is 4.14. The van der Waals surface area contributed by atoms with Crippen molar-refractivity contribution in [2.24, 2.45) is 0 Å². The smallest absolute Gasteiger partial charge is 0.295 e. The second kappa shape index (κ2) is 6.01. The summed E-state index contributed by atoms with van der Waals surface area (Å²) in [5, 5.41) is 13.2. The van der Waals surface area contributed by atoms with E-state index in [9.17, 15) is 23.3 Å². The molecule has 0 atom stereocenters. The van der Waals surface area contributed by atoms with Crippen molar-refractivity contribution >= 4 is 23.0 Å². The fourth-order valence-electron chi connectivity index (χ4n) is 1.68. The molecule has 0 spiro atoms. The second-order valence-corrected chi connectivity index (χ2v) is 4.55. The molecule has 0 saturated carbocycles. The largest absolute Gasteiger partial charge is 0.375 e. The van der Waals surface area contributed by atoms with Crippen molar-refractivity contribution in [3.05, 3.63) is 68.5 Å². The number of hydrogen-bond acceptors (Lipinski definition) is 3. The SMILES string of the molecule is O=[N+]([O-])c1cc(F)c(Cl)cc1NCc1ccc(F)c(F)c1. The molecule has 0 saturated heterocycles. The summed E-state index contributed by atoms with van der Waals surface area (Å²) in [5.41, 5.74) is -0.153. The Kier molecular flexibility index (Phi) is 4.32. The number of nitro groups is 1. The van der Waals surface area contributed by atoms with E-state index in [1.807, 2.05) is 0 Å². The zero-order chi connectivity index (χ0) is 15.6. The van der Waals surface area contributed by atoms with Crippen molar-refractivity contribution in [1.82, 2.24) is 0 Å². The monoisotopic (exact) mass is 316 g/mol. The van der Waals surface area contributed by atoms with Gasteiger partial charge in [0, 0.05) is 6.54 Å². The highest BCUT2D eigenvalue weighted by Gasteiger charge is 2.17. The fraction of sp³-hybridized carbons (Fsp3) is 0.0769. The minimum atomic E-state index is -1.03. The minimum absolute atomic E-state index is 0.0139. The molecule has 4 nitrogen and oxygen atoms in total. The molecule has 0 unspecified atom stereocenters. The lowest BCUT2D eigenvalue weighted by atomic mass is 10.2. The van der Waals surface area contributed by atoms with E-state index in [0.717, 1.165) is 18.2 Å². The summed E-state index contributed by atoms with van der Waals surface area (Å²) in [6, 6.07) is 4.98. The Morgan fingerprint density at radius 2 is 1.81 bits per heavy atom. The molecule has 0 bridgehead atoms. The number of halogens is 4. The molecule has 21 heavy (non-hydrogen) atoms. The highest BCUT2D eigenvalue weighted by atomic mass is 35.5. The number of anilines is 1. The van der Waals surface area contributed by atoms with Crippen molar-refractivity contribution in [2.45, 2.75) is 6.54 Å². The van der Waals surface area contributed by atoms with Crippen molar-refractivity contribution in [2.75, 3.05) is 5.32 Å². The van der Waals surface area contributed by atoms with E-state index in [0.29, 0.717) is 11.6 Å². The number of nitrogens with one attached hydrogen (secondary N) is 1. The topological polar surface area (TPSA) is 55.2 Å². The maximum Gasteiger partial charge on any atom is 0.295 e. The lowest BCUT2D eigenvalue weighted by Gasteiger charge is -2.08. The highest BCUT2D eigenvalue weighted by Crippen LogP contribution is 2.30. The summed E-state index contributed by atoms with van der Waals surface area (Å²) in [5.74, 6) is -2.93. The molecule has 2 rings (SSSR count). The number of nitrogens with zero attached hydrogens (tertiary/aromatic N) is 1. The Bertz CT molecular complexity index is 710. The van der Waals surface area contributed by atoms with Gasteiger partial charge in [-0.25, -0.2) is 13.2 Å². The summed E-state index contributed by atoms with van der Waals surface area (Å²) < 4.78 is 39.1. The van der Waals surface area contributed by atoms with Gasteiger partial charge in [0.25, 0.3) is 5.69 Å². The van der Waals surface area contributed by atoms with Crippen LogP contribution in [0.3, 0.4) is 0 Å². The molecule has 0 heterocycles. The molecule has 0 radical (unpaired) electrons. The predicted octanol–water partition coefficient (Wildman–Crippen LogP) is 4.28. The van der Waals surface area contributed by atoms with E-state index < -0.39 is 28.1 Å². The Morgan fingerprint density at radius 1 is 1.10 bits per heavy atom. The molecule has 0 aliphatic carbocycles. The van der Waals surface area contributed by atoms with Crippen LogP contribution >= 0.6 is 11.6 Å². The zero-order valence-electron chi connectivity index (χ0n) is 10.4. The van der Waals surface area contributed by atoms with E-state index in [4.69, 9.17) is 11.6 Å². The molecule has 0 amide bonds. The van der Waals surface area contributed by atoms with Gasteiger partial charge >= 0.3 is 0 Å².